The van der Waals surface area contributed by atoms with Gasteiger partial charge in [0.1, 0.15) is 6.33 Å². The second-order valence-electron chi connectivity index (χ2n) is 3.42. The van der Waals surface area contributed by atoms with Crippen molar-refractivity contribution in [1.29, 1.82) is 0 Å². The maximum Gasteiger partial charge on any atom is 0.261 e. The number of hydrogen-bond acceptors (Lipinski definition) is 5. The lowest BCUT2D eigenvalue weighted by atomic mass is 10.3. The summed E-state index contributed by atoms with van der Waals surface area (Å²) in [6, 6.07) is 5.75. The van der Waals surface area contributed by atoms with Crippen molar-refractivity contribution in [2.75, 3.05) is 13.7 Å². The van der Waals surface area contributed by atoms with Crippen molar-refractivity contribution in [2.24, 2.45) is 0 Å². The number of pyridine rings is 1. The Kier molecular flexibility index (Phi) is 4.30. The molecule has 0 aliphatic carbocycles. The predicted molar refractivity (Wildman–Crippen MR) is 67.0 cm³/mol. The molecule has 2 aromatic rings. The summed E-state index contributed by atoms with van der Waals surface area (Å²) in [6.45, 7) is 0.445. The summed E-state index contributed by atoms with van der Waals surface area (Å²) >= 11 is 5.86. The van der Waals surface area contributed by atoms with Crippen LogP contribution < -0.4 is 9.47 Å². The average Bonchev–Trinajstić information content (AvgIpc) is 2.40. The molecule has 0 N–H and O–H groups in total. The highest BCUT2D eigenvalue weighted by Gasteiger charge is 2.11. The van der Waals surface area contributed by atoms with Gasteiger partial charge < -0.3 is 9.47 Å². The molecule has 5 nitrogen and oxygen atoms in total. The number of hydrogen-bond donors (Lipinski definition) is 0. The first kappa shape index (κ1) is 12.6. The molecular formula is C12H12ClN3O2. The molecule has 0 aliphatic rings. The fourth-order valence-electron chi connectivity index (χ4n) is 1.41. The topological polar surface area (TPSA) is 57.1 Å². The minimum Gasteiger partial charge on any atom is -0.489 e. The van der Waals surface area contributed by atoms with Crippen LogP contribution >= 0.6 is 11.6 Å². The van der Waals surface area contributed by atoms with Crippen molar-refractivity contribution >= 4 is 11.6 Å². The van der Waals surface area contributed by atoms with E-state index < -0.39 is 0 Å². The number of nitrogens with zero attached hydrogens (tertiary/aromatic N) is 3. The summed E-state index contributed by atoms with van der Waals surface area (Å²) in [5.41, 5.74) is 0.955. The molecule has 0 aromatic carbocycles. The van der Waals surface area contributed by atoms with E-state index in [1.807, 2.05) is 18.2 Å². The first-order valence-electron chi connectivity index (χ1n) is 5.38. The maximum atomic E-state index is 5.86. The molecule has 0 atom stereocenters. The number of halogens is 1. The third-order valence-electron chi connectivity index (χ3n) is 2.25. The Labute approximate surface area is 110 Å². The highest BCUT2D eigenvalue weighted by molar-refractivity contribution is 6.31. The molecule has 2 heterocycles. The van der Waals surface area contributed by atoms with Gasteiger partial charge in [0, 0.05) is 18.3 Å². The summed E-state index contributed by atoms with van der Waals surface area (Å²) in [5.74, 6) is 0.689. The normalized spacial score (nSPS) is 10.1. The number of methoxy groups -OCH3 is 1. The molecule has 0 radical (unpaired) electrons. The van der Waals surface area contributed by atoms with Crippen LogP contribution in [0.2, 0.25) is 5.15 Å². The minimum atomic E-state index is 0.236. The van der Waals surface area contributed by atoms with Gasteiger partial charge in [0.2, 0.25) is 5.75 Å². The van der Waals surface area contributed by atoms with Crippen molar-refractivity contribution in [3.63, 3.8) is 0 Å². The Morgan fingerprint density at radius 2 is 2.11 bits per heavy atom. The van der Waals surface area contributed by atoms with E-state index in [0.29, 0.717) is 24.7 Å². The van der Waals surface area contributed by atoms with Gasteiger partial charge >= 0.3 is 0 Å². The molecular weight excluding hydrogens is 254 g/mol. The lowest BCUT2D eigenvalue weighted by Gasteiger charge is -2.09. The largest absolute Gasteiger partial charge is 0.489 e. The quantitative estimate of drug-likeness (QED) is 0.776. The Hall–Kier alpha value is -1.88. The van der Waals surface area contributed by atoms with Crippen molar-refractivity contribution in [3.05, 3.63) is 41.6 Å². The van der Waals surface area contributed by atoms with Crippen LogP contribution in [0.25, 0.3) is 0 Å². The van der Waals surface area contributed by atoms with Crippen molar-refractivity contribution in [2.45, 2.75) is 6.42 Å². The van der Waals surface area contributed by atoms with E-state index in [9.17, 15) is 0 Å². The molecule has 0 unspecified atom stereocenters. The molecule has 0 aliphatic heterocycles. The van der Waals surface area contributed by atoms with E-state index in [0.717, 1.165) is 5.69 Å². The van der Waals surface area contributed by atoms with Crippen molar-refractivity contribution < 1.29 is 9.47 Å². The average molecular weight is 266 g/mol. The number of rotatable bonds is 5. The van der Waals surface area contributed by atoms with Crippen LogP contribution in [0.3, 0.4) is 0 Å². The third-order valence-corrected chi connectivity index (χ3v) is 2.52. The van der Waals surface area contributed by atoms with Gasteiger partial charge in [-0.2, -0.15) is 4.98 Å². The molecule has 0 amide bonds. The van der Waals surface area contributed by atoms with Gasteiger partial charge in [0.15, 0.2) is 5.15 Å². The monoisotopic (exact) mass is 265 g/mol. The molecule has 0 saturated heterocycles. The molecule has 2 rings (SSSR count). The Morgan fingerprint density at radius 3 is 2.83 bits per heavy atom. The minimum absolute atomic E-state index is 0.236. The van der Waals surface area contributed by atoms with Gasteiger partial charge in [-0.25, -0.2) is 4.98 Å². The van der Waals surface area contributed by atoms with E-state index >= 15 is 0 Å². The van der Waals surface area contributed by atoms with Crippen LogP contribution in [-0.2, 0) is 6.42 Å². The molecule has 2 aromatic heterocycles. The van der Waals surface area contributed by atoms with Crippen LogP contribution in [0.5, 0.6) is 11.6 Å². The Morgan fingerprint density at radius 1 is 1.22 bits per heavy atom. The highest BCUT2D eigenvalue weighted by atomic mass is 35.5. The Balaban J connectivity index is 1.96. The first-order valence-corrected chi connectivity index (χ1v) is 5.76. The van der Waals surface area contributed by atoms with E-state index in [2.05, 4.69) is 15.0 Å². The van der Waals surface area contributed by atoms with Crippen LogP contribution in [0.15, 0.2) is 30.7 Å². The summed E-state index contributed by atoms with van der Waals surface area (Å²) in [6.07, 6.45) is 3.77. The van der Waals surface area contributed by atoms with E-state index in [1.165, 1.54) is 13.4 Å². The SMILES string of the molecule is COc1c(Cl)ncnc1OCCc1ccccn1. The smallest absolute Gasteiger partial charge is 0.261 e. The number of ether oxygens (including phenoxy) is 2. The fraction of sp³-hybridized carbons (Fsp3) is 0.250. The molecule has 0 saturated carbocycles. The van der Waals surface area contributed by atoms with E-state index in [-0.39, 0.29) is 5.15 Å². The van der Waals surface area contributed by atoms with Gasteiger partial charge in [0.05, 0.1) is 13.7 Å². The molecule has 0 spiro atoms. The van der Waals surface area contributed by atoms with Crippen LogP contribution in [0, 0.1) is 0 Å². The first-order chi connectivity index (χ1) is 8.81. The predicted octanol–water partition coefficient (Wildman–Crippen LogP) is 2.16. The Bertz CT molecular complexity index is 508. The molecule has 94 valence electrons. The van der Waals surface area contributed by atoms with E-state index in [4.69, 9.17) is 21.1 Å². The van der Waals surface area contributed by atoms with Gasteiger partial charge in [-0.15, -0.1) is 0 Å². The molecule has 6 heteroatoms. The molecule has 18 heavy (non-hydrogen) atoms. The maximum absolute atomic E-state index is 5.86. The fourth-order valence-corrected chi connectivity index (χ4v) is 1.61. The van der Waals surface area contributed by atoms with Crippen LogP contribution in [0.1, 0.15) is 5.69 Å². The molecule has 0 bridgehead atoms. The zero-order valence-corrected chi connectivity index (χ0v) is 10.6. The van der Waals surface area contributed by atoms with Gasteiger partial charge in [-0.3, -0.25) is 4.98 Å². The summed E-state index contributed by atoms with van der Waals surface area (Å²) in [4.78, 5) is 12.0. The standard InChI is InChI=1S/C12H12ClN3O2/c1-17-10-11(13)15-8-16-12(10)18-7-5-9-4-2-3-6-14-9/h2-4,6,8H,5,7H2,1H3. The van der Waals surface area contributed by atoms with Gasteiger partial charge in [0.25, 0.3) is 5.88 Å². The lowest BCUT2D eigenvalue weighted by Crippen LogP contribution is -2.05. The van der Waals surface area contributed by atoms with Crippen molar-refractivity contribution in [3.8, 4) is 11.6 Å². The molecule has 0 fully saturated rings. The summed E-state index contributed by atoms with van der Waals surface area (Å²) < 4.78 is 10.6. The summed E-state index contributed by atoms with van der Waals surface area (Å²) in [5, 5.41) is 0.236. The van der Waals surface area contributed by atoms with Crippen LogP contribution in [0.4, 0.5) is 0 Å². The van der Waals surface area contributed by atoms with Crippen molar-refractivity contribution in [1.82, 2.24) is 15.0 Å². The third kappa shape index (κ3) is 3.07. The zero-order chi connectivity index (χ0) is 12.8. The lowest BCUT2D eigenvalue weighted by molar-refractivity contribution is 0.283. The second-order valence-corrected chi connectivity index (χ2v) is 3.78. The van der Waals surface area contributed by atoms with E-state index in [1.54, 1.807) is 6.20 Å². The second kappa shape index (κ2) is 6.16. The summed E-state index contributed by atoms with van der Waals surface area (Å²) in [7, 11) is 1.50. The highest BCUT2D eigenvalue weighted by Crippen LogP contribution is 2.30. The number of aromatic nitrogens is 3. The zero-order valence-electron chi connectivity index (χ0n) is 9.84. The van der Waals surface area contributed by atoms with Gasteiger partial charge in [-0.1, -0.05) is 17.7 Å². The van der Waals surface area contributed by atoms with Gasteiger partial charge in [-0.05, 0) is 12.1 Å². The van der Waals surface area contributed by atoms with Crippen LogP contribution in [-0.4, -0.2) is 28.7 Å².